The highest BCUT2D eigenvalue weighted by atomic mass is 32.1. The van der Waals surface area contributed by atoms with Gasteiger partial charge in [-0.2, -0.15) is 0 Å². The number of nitrogens with one attached hydrogen (secondary N) is 2. The van der Waals surface area contributed by atoms with Gasteiger partial charge in [-0.3, -0.25) is 14.9 Å². The van der Waals surface area contributed by atoms with E-state index in [1.807, 2.05) is 47.8 Å². The second-order valence-electron chi connectivity index (χ2n) is 6.15. The lowest BCUT2D eigenvalue weighted by atomic mass is 10.1. The Morgan fingerprint density at radius 1 is 1.11 bits per heavy atom. The molecule has 27 heavy (non-hydrogen) atoms. The summed E-state index contributed by atoms with van der Waals surface area (Å²) in [5, 5.41) is 7.96. The molecular formula is C20H18N4O2S. The highest BCUT2D eigenvalue weighted by molar-refractivity contribution is 7.09. The first kappa shape index (κ1) is 17.4. The van der Waals surface area contributed by atoms with Gasteiger partial charge >= 0.3 is 0 Å². The summed E-state index contributed by atoms with van der Waals surface area (Å²) in [4.78, 5) is 32.1. The lowest BCUT2D eigenvalue weighted by Gasteiger charge is -2.25. The third-order valence-corrected chi connectivity index (χ3v) is 5.21. The topological polar surface area (TPSA) is 74.3 Å². The standard InChI is InChI=1S/C20H18N4O2S/c25-18(23-17-9-3-4-10-21-17)12-22-19-15-7-1-2-8-16(15)20(26)24(19)13-14-6-5-11-27-14/h1-11,19,22H,12-13H2,(H,21,23,25). The summed E-state index contributed by atoms with van der Waals surface area (Å²) in [6, 6.07) is 16.8. The van der Waals surface area contributed by atoms with Crippen LogP contribution in [-0.2, 0) is 11.3 Å². The maximum absolute atomic E-state index is 12.8. The van der Waals surface area contributed by atoms with Crippen molar-refractivity contribution in [1.29, 1.82) is 0 Å². The van der Waals surface area contributed by atoms with Gasteiger partial charge in [0.15, 0.2) is 0 Å². The molecule has 0 saturated heterocycles. The van der Waals surface area contributed by atoms with Crippen LogP contribution in [0.5, 0.6) is 0 Å². The fraction of sp³-hybridized carbons (Fsp3) is 0.150. The van der Waals surface area contributed by atoms with Crippen molar-refractivity contribution in [3.05, 3.63) is 82.2 Å². The number of aromatic nitrogens is 1. The zero-order valence-corrected chi connectivity index (χ0v) is 15.3. The van der Waals surface area contributed by atoms with Crippen LogP contribution >= 0.6 is 11.3 Å². The fourth-order valence-corrected chi connectivity index (χ4v) is 3.84. The van der Waals surface area contributed by atoms with E-state index in [0.29, 0.717) is 17.9 Å². The molecular weight excluding hydrogens is 360 g/mol. The summed E-state index contributed by atoms with van der Waals surface area (Å²) < 4.78 is 0. The van der Waals surface area contributed by atoms with Crippen LogP contribution in [-0.4, -0.2) is 28.2 Å². The van der Waals surface area contributed by atoms with Crippen molar-refractivity contribution in [2.24, 2.45) is 0 Å². The summed E-state index contributed by atoms with van der Waals surface area (Å²) in [6.45, 7) is 0.578. The minimum Gasteiger partial charge on any atom is -0.314 e. The van der Waals surface area contributed by atoms with Crippen LogP contribution in [0.15, 0.2) is 66.2 Å². The third-order valence-electron chi connectivity index (χ3n) is 4.35. The molecule has 2 aromatic heterocycles. The minimum absolute atomic E-state index is 0.0263. The number of benzene rings is 1. The van der Waals surface area contributed by atoms with Gasteiger partial charge in [-0.05, 0) is 29.6 Å². The van der Waals surface area contributed by atoms with Crippen molar-refractivity contribution >= 4 is 29.0 Å². The van der Waals surface area contributed by atoms with Crippen LogP contribution in [0.4, 0.5) is 5.82 Å². The monoisotopic (exact) mass is 378 g/mol. The summed E-state index contributed by atoms with van der Waals surface area (Å²) in [7, 11) is 0. The normalized spacial score (nSPS) is 15.6. The van der Waals surface area contributed by atoms with Gasteiger partial charge in [0.25, 0.3) is 5.91 Å². The number of thiophene rings is 1. The number of hydrogen-bond acceptors (Lipinski definition) is 5. The summed E-state index contributed by atoms with van der Waals surface area (Å²) in [6.07, 6.45) is 1.28. The molecule has 1 unspecified atom stereocenters. The van der Waals surface area contributed by atoms with Gasteiger partial charge in [-0.1, -0.05) is 30.3 Å². The number of amides is 2. The molecule has 1 aliphatic rings. The van der Waals surface area contributed by atoms with Crippen molar-refractivity contribution in [3.63, 3.8) is 0 Å². The Morgan fingerprint density at radius 2 is 1.96 bits per heavy atom. The van der Waals surface area contributed by atoms with Gasteiger partial charge in [-0.25, -0.2) is 4.98 Å². The van der Waals surface area contributed by atoms with Gasteiger partial charge in [0.05, 0.1) is 13.1 Å². The molecule has 2 amide bonds. The van der Waals surface area contributed by atoms with E-state index in [1.54, 1.807) is 34.6 Å². The van der Waals surface area contributed by atoms with Crippen molar-refractivity contribution in [1.82, 2.24) is 15.2 Å². The number of rotatable bonds is 6. The molecule has 3 aromatic rings. The number of pyridine rings is 1. The molecule has 1 atom stereocenters. The predicted octanol–water partition coefficient (Wildman–Crippen LogP) is 3.03. The third kappa shape index (κ3) is 3.74. The highest BCUT2D eigenvalue weighted by Gasteiger charge is 2.36. The van der Waals surface area contributed by atoms with Crippen molar-refractivity contribution in [3.8, 4) is 0 Å². The Labute approximate surface area is 160 Å². The number of anilines is 1. The van der Waals surface area contributed by atoms with E-state index in [4.69, 9.17) is 0 Å². The molecule has 6 nitrogen and oxygen atoms in total. The number of hydrogen-bond donors (Lipinski definition) is 2. The smallest absolute Gasteiger partial charge is 0.256 e. The molecule has 4 rings (SSSR count). The Bertz CT molecular complexity index is 944. The molecule has 0 spiro atoms. The lowest BCUT2D eigenvalue weighted by Crippen LogP contribution is -2.39. The second kappa shape index (κ2) is 7.69. The zero-order chi connectivity index (χ0) is 18.6. The van der Waals surface area contributed by atoms with Gasteiger partial charge in [-0.15, -0.1) is 11.3 Å². The average Bonchev–Trinajstić information content (AvgIpc) is 3.29. The molecule has 0 radical (unpaired) electrons. The van der Waals surface area contributed by atoms with Crippen LogP contribution in [0.1, 0.15) is 27.0 Å². The van der Waals surface area contributed by atoms with E-state index in [9.17, 15) is 9.59 Å². The van der Waals surface area contributed by atoms with Crippen molar-refractivity contribution in [2.75, 3.05) is 11.9 Å². The quantitative estimate of drug-likeness (QED) is 0.691. The molecule has 2 N–H and O–H groups in total. The number of nitrogens with zero attached hydrogens (tertiary/aromatic N) is 2. The van der Waals surface area contributed by atoms with Gasteiger partial charge < -0.3 is 10.2 Å². The summed E-state index contributed by atoms with van der Waals surface area (Å²) in [5.41, 5.74) is 1.57. The summed E-state index contributed by atoms with van der Waals surface area (Å²) >= 11 is 1.61. The lowest BCUT2D eigenvalue weighted by molar-refractivity contribution is -0.115. The largest absolute Gasteiger partial charge is 0.314 e. The molecule has 1 aromatic carbocycles. The molecule has 3 heterocycles. The Hall–Kier alpha value is -3.03. The first-order valence-corrected chi connectivity index (χ1v) is 9.47. The number of fused-ring (bicyclic) bond motifs is 1. The molecule has 0 aliphatic carbocycles. The Balaban J connectivity index is 1.49. The maximum atomic E-state index is 12.8. The van der Waals surface area contributed by atoms with Crippen LogP contribution in [0.3, 0.4) is 0 Å². The van der Waals surface area contributed by atoms with E-state index in [0.717, 1.165) is 10.4 Å². The number of carbonyl (C=O) groups excluding carboxylic acids is 2. The van der Waals surface area contributed by atoms with Crippen molar-refractivity contribution in [2.45, 2.75) is 12.7 Å². The highest BCUT2D eigenvalue weighted by Crippen LogP contribution is 2.33. The van der Waals surface area contributed by atoms with E-state index in [-0.39, 0.29) is 24.5 Å². The molecule has 7 heteroatoms. The minimum atomic E-state index is -0.342. The Kier molecular flexibility index (Phi) is 4.95. The zero-order valence-electron chi connectivity index (χ0n) is 14.5. The van der Waals surface area contributed by atoms with Crippen molar-refractivity contribution < 1.29 is 9.59 Å². The van der Waals surface area contributed by atoms with E-state index in [1.165, 1.54) is 0 Å². The van der Waals surface area contributed by atoms with Gasteiger partial charge in [0, 0.05) is 22.2 Å². The second-order valence-corrected chi connectivity index (χ2v) is 7.18. The van der Waals surface area contributed by atoms with E-state index < -0.39 is 0 Å². The van der Waals surface area contributed by atoms with Crippen LogP contribution in [0.2, 0.25) is 0 Å². The molecule has 0 saturated carbocycles. The number of carbonyl (C=O) groups is 2. The van der Waals surface area contributed by atoms with E-state index >= 15 is 0 Å². The predicted molar refractivity (Wildman–Crippen MR) is 104 cm³/mol. The van der Waals surface area contributed by atoms with Crippen LogP contribution in [0, 0.1) is 0 Å². The first-order chi connectivity index (χ1) is 13.2. The molecule has 0 fully saturated rings. The first-order valence-electron chi connectivity index (χ1n) is 8.59. The molecule has 136 valence electrons. The molecule has 1 aliphatic heterocycles. The summed E-state index contributed by atoms with van der Waals surface area (Å²) in [5.74, 6) is 0.269. The van der Waals surface area contributed by atoms with Gasteiger partial charge in [0.2, 0.25) is 5.91 Å². The van der Waals surface area contributed by atoms with E-state index in [2.05, 4.69) is 15.6 Å². The van der Waals surface area contributed by atoms with Crippen LogP contribution in [0.25, 0.3) is 0 Å². The molecule has 0 bridgehead atoms. The fourth-order valence-electron chi connectivity index (χ4n) is 3.14. The van der Waals surface area contributed by atoms with Crippen LogP contribution < -0.4 is 10.6 Å². The maximum Gasteiger partial charge on any atom is 0.256 e. The average molecular weight is 378 g/mol. The Morgan fingerprint density at radius 3 is 2.74 bits per heavy atom. The van der Waals surface area contributed by atoms with Gasteiger partial charge in [0.1, 0.15) is 12.0 Å². The SMILES string of the molecule is O=C(CNC1c2ccccc2C(=O)N1Cc1cccs1)Nc1ccccn1.